The Labute approximate surface area is 111 Å². The minimum absolute atomic E-state index is 0.0652. The lowest BCUT2D eigenvalue weighted by molar-refractivity contribution is -0.119. The van der Waals surface area contributed by atoms with Crippen LogP contribution < -0.4 is 5.32 Å². The topological polar surface area (TPSA) is 63.2 Å². The van der Waals surface area contributed by atoms with Crippen LogP contribution in [0.3, 0.4) is 0 Å². The molecule has 1 aromatic carbocycles. The normalized spacial score (nSPS) is 19.1. The second-order valence-electron chi connectivity index (χ2n) is 4.51. The number of hydrogen-bond acceptors (Lipinski definition) is 3. The van der Waals surface area contributed by atoms with Crippen molar-refractivity contribution in [3.05, 3.63) is 29.3 Å². The van der Waals surface area contributed by atoms with Crippen LogP contribution in [0.1, 0.15) is 24.5 Å². The average Bonchev–Trinajstić information content (AvgIpc) is 2.26. The van der Waals surface area contributed by atoms with E-state index in [0.717, 1.165) is 24.0 Å². The Bertz CT molecular complexity index is 583. The lowest BCUT2D eigenvalue weighted by Crippen LogP contribution is -2.37. The Morgan fingerprint density at radius 1 is 1.39 bits per heavy atom. The maximum Gasteiger partial charge on any atom is 0.261 e. The molecular formula is C12H14ClNO3S. The van der Waals surface area contributed by atoms with E-state index in [4.69, 9.17) is 10.7 Å². The number of benzene rings is 1. The Kier molecular flexibility index (Phi) is 3.64. The number of halogens is 1. The Morgan fingerprint density at radius 3 is 2.72 bits per heavy atom. The zero-order valence-electron chi connectivity index (χ0n) is 9.94. The van der Waals surface area contributed by atoms with E-state index in [1.807, 2.05) is 0 Å². The van der Waals surface area contributed by atoms with Gasteiger partial charge in [-0.15, -0.1) is 0 Å². The summed E-state index contributed by atoms with van der Waals surface area (Å²) >= 11 is 0. The van der Waals surface area contributed by atoms with Crippen molar-refractivity contribution in [3.63, 3.8) is 0 Å². The highest BCUT2D eigenvalue weighted by molar-refractivity contribution is 8.13. The molecule has 1 aliphatic rings. The monoisotopic (exact) mass is 287 g/mol. The molecule has 0 radical (unpaired) electrons. The van der Waals surface area contributed by atoms with Gasteiger partial charge >= 0.3 is 0 Å². The van der Waals surface area contributed by atoms with Gasteiger partial charge in [-0.05, 0) is 42.5 Å². The van der Waals surface area contributed by atoms with Gasteiger partial charge in [0.15, 0.2) is 0 Å². The second-order valence-corrected chi connectivity index (χ2v) is 7.07. The Balaban J connectivity index is 2.27. The van der Waals surface area contributed by atoms with Crippen LogP contribution in [0.2, 0.25) is 0 Å². The fourth-order valence-corrected chi connectivity index (χ4v) is 3.10. The van der Waals surface area contributed by atoms with Crippen LogP contribution in [0.4, 0.5) is 0 Å². The van der Waals surface area contributed by atoms with E-state index in [1.54, 1.807) is 12.1 Å². The molecule has 18 heavy (non-hydrogen) atoms. The summed E-state index contributed by atoms with van der Waals surface area (Å²) in [4.78, 5) is 11.1. The van der Waals surface area contributed by atoms with Crippen molar-refractivity contribution in [2.45, 2.75) is 37.1 Å². The standard InChI is InChI=1S/C12H14ClNO3S/c1-8(15)14-11-4-2-9-3-5-12(18(13,16)17)7-10(9)6-11/h3,5,7,11H,2,4,6H2,1H3,(H,14,15). The number of rotatable bonds is 2. The molecule has 1 aliphatic carbocycles. The smallest absolute Gasteiger partial charge is 0.261 e. The third kappa shape index (κ3) is 3.03. The van der Waals surface area contributed by atoms with Gasteiger partial charge in [0.05, 0.1) is 4.90 Å². The minimum Gasteiger partial charge on any atom is -0.353 e. The van der Waals surface area contributed by atoms with Crippen molar-refractivity contribution < 1.29 is 13.2 Å². The lowest BCUT2D eigenvalue weighted by atomic mass is 9.88. The highest BCUT2D eigenvalue weighted by atomic mass is 35.7. The summed E-state index contributed by atoms with van der Waals surface area (Å²) < 4.78 is 22.5. The summed E-state index contributed by atoms with van der Waals surface area (Å²) in [6.45, 7) is 1.48. The Morgan fingerprint density at radius 2 is 2.11 bits per heavy atom. The van der Waals surface area contributed by atoms with Crippen LogP contribution in [-0.4, -0.2) is 20.4 Å². The summed E-state index contributed by atoms with van der Waals surface area (Å²) in [6.07, 6.45) is 2.36. The zero-order chi connectivity index (χ0) is 13.3. The maximum absolute atomic E-state index is 11.3. The van der Waals surface area contributed by atoms with Gasteiger partial charge in [-0.3, -0.25) is 4.79 Å². The number of hydrogen-bond donors (Lipinski definition) is 1. The first-order valence-corrected chi connectivity index (χ1v) is 8.01. The van der Waals surface area contributed by atoms with Crippen molar-refractivity contribution in [3.8, 4) is 0 Å². The third-order valence-corrected chi connectivity index (χ3v) is 4.45. The molecule has 2 rings (SSSR count). The first kappa shape index (κ1) is 13.4. The predicted molar refractivity (Wildman–Crippen MR) is 69.1 cm³/mol. The number of fused-ring (bicyclic) bond motifs is 1. The lowest BCUT2D eigenvalue weighted by Gasteiger charge is -2.25. The highest BCUT2D eigenvalue weighted by Crippen LogP contribution is 2.25. The number of carbonyl (C=O) groups excluding carboxylic acids is 1. The molecule has 6 heteroatoms. The van der Waals surface area contributed by atoms with E-state index in [2.05, 4.69) is 5.32 Å². The van der Waals surface area contributed by atoms with E-state index in [-0.39, 0.29) is 16.8 Å². The quantitative estimate of drug-likeness (QED) is 0.841. The largest absolute Gasteiger partial charge is 0.353 e. The molecule has 0 fully saturated rings. The van der Waals surface area contributed by atoms with Gasteiger partial charge in [-0.1, -0.05) is 6.07 Å². The predicted octanol–water partition coefficient (Wildman–Crippen LogP) is 1.61. The van der Waals surface area contributed by atoms with Crippen LogP contribution in [-0.2, 0) is 26.7 Å². The number of amides is 1. The molecule has 1 unspecified atom stereocenters. The average molecular weight is 288 g/mol. The minimum atomic E-state index is -3.69. The van der Waals surface area contributed by atoms with E-state index < -0.39 is 9.05 Å². The summed E-state index contributed by atoms with van der Waals surface area (Å²) in [5, 5.41) is 2.86. The molecule has 1 aromatic rings. The molecule has 0 saturated carbocycles. The van der Waals surface area contributed by atoms with Gasteiger partial charge < -0.3 is 5.32 Å². The van der Waals surface area contributed by atoms with Gasteiger partial charge in [0.1, 0.15) is 0 Å². The third-order valence-electron chi connectivity index (χ3n) is 3.10. The number of carbonyl (C=O) groups is 1. The van der Waals surface area contributed by atoms with E-state index >= 15 is 0 Å². The van der Waals surface area contributed by atoms with Crippen LogP contribution in [0.25, 0.3) is 0 Å². The number of aryl methyl sites for hydroxylation is 1. The van der Waals surface area contributed by atoms with Crippen LogP contribution in [0.5, 0.6) is 0 Å². The van der Waals surface area contributed by atoms with Gasteiger partial charge in [0.2, 0.25) is 5.91 Å². The molecule has 4 nitrogen and oxygen atoms in total. The van der Waals surface area contributed by atoms with Gasteiger partial charge in [0.25, 0.3) is 9.05 Å². The molecule has 1 amide bonds. The molecule has 1 N–H and O–H groups in total. The van der Waals surface area contributed by atoms with Crippen molar-refractivity contribution in [1.29, 1.82) is 0 Å². The number of nitrogens with one attached hydrogen (secondary N) is 1. The molecule has 0 spiro atoms. The van der Waals surface area contributed by atoms with Gasteiger partial charge in [-0.25, -0.2) is 8.42 Å². The molecule has 0 bridgehead atoms. The van der Waals surface area contributed by atoms with Crippen molar-refractivity contribution in [2.24, 2.45) is 0 Å². The summed E-state index contributed by atoms with van der Waals surface area (Å²) in [5.74, 6) is -0.0652. The van der Waals surface area contributed by atoms with Crippen LogP contribution >= 0.6 is 10.7 Å². The first-order chi connectivity index (χ1) is 8.36. The molecule has 0 aliphatic heterocycles. The second kappa shape index (κ2) is 4.90. The van der Waals surface area contributed by atoms with Gasteiger partial charge in [-0.2, -0.15) is 0 Å². The molecule has 98 valence electrons. The zero-order valence-corrected chi connectivity index (χ0v) is 11.5. The molecule has 0 aromatic heterocycles. The Hall–Kier alpha value is -1.07. The van der Waals surface area contributed by atoms with Gasteiger partial charge in [0, 0.05) is 23.6 Å². The summed E-state index contributed by atoms with van der Waals surface area (Å²) in [6, 6.07) is 5.00. The van der Waals surface area contributed by atoms with E-state index in [9.17, 15) is 13.2 Å². The highest BCUT2D eigenvalue weighted by Gasteiger charge is 2.21. The summed E-state index contributed by atoms with van der Waals surface area (Å²) in [7, 11) is 1.63. The molecule has 0 heterocycles. The first-order valence-electron chi connectivity index (χ1n) is 5.70. The maximum atomic E-state index is 11.3. The van der Waals surface area contributed by atoms with E-state index in [0.29, 0.717) is 6.42 Å². The van der Waals surface area contributed by atoms with Crippen molar-refractivity contribution in [1.82, 2.24) is 5.32 Å². The van der Waals surface area contributed by atoms with E-state index in [1.165, 1.54) is 13.0 Å². The molecule has 1 atom stereocenters. The summed E-state index contributed by atoms with van der Waals surface area (Å²) in [5.41, 5.74) is 2.07. The fraction of sp³-hybridized carbons (Fsp3) is 0.417. The fourth-order valence-electron chi connectivity index (χ4n) is 2.30. The van der Waals surface area contributed by atoms with Crippen LogP contribution in [0.15, 0.2) is 23.1 Å². The SMILES string of the molecule is CC(=O)NC1CCc2ccc(S(=O)(=O)Cl)cc2C1. The van der Waals surface area contributed by atoms with Crippen LogP contribution in [0, 0.1) is 0 Å². The molecule has 0 saturated heterocycles. The van der Waals surface area contributed by atoms with Crippen molar-refractivity contribution in [2.75, 3.05) is 0 Å². The molecular weight excluding hydrogens is 274 g/mol. The van der Waals surface area contributed by atoms with Crippen molar-refractivity contribution >= 4 is 25.6 Å².